The first kappa shape index (κ1) is 27.6. The molecule has 0 radical (unpaired) electrons. The van der Waals surface area contributed by atoms with Crippen LogP contribution in [-0.4, -0.2) is 41.7 Å². The second kappa shape index (κ2) is 14.0. The van der Waals surface area contributed by atoms with Gasteiger partial charge in [-0.1, -0.05) is 61.0 Å². The lowest BCUT2D eigenvalue weighted by Crippen LogP contribution is -2.52. The molecule has 0 fully saturated rings. The molecule has 36 heavy (non-hydrogen) atoms. The second-order valence-electron chi connectivity index (χ2n) is 8.64. The number of nitrogens with zero attached hydrogens (tertiary/aromatic N) is 1. The summed E-state index contributed by atoms with van der Waals surface area (Å²) >= 11 is 7.44. The van der Waals surface area contributed by atoms with Gasteiger partial charge in [0, 0.05) is 28.9 Å². The molecule has 2 atom stereocenters. The normalized spacial score (nSPS) is 12.4. The zero-order valence-corrected chi connectivity index (χ0v) is 22.5. The second-order valence-corrected chi connectivity index (χ2v) is 10.1. The Morgan fingerprint density at radius 3 is 2.36 bits per heavy atom. The van der Waals surface area contributed by atoms with Crippen molar-refractivity contribution in [2.45, 2.75) is 50.2 Å². The summed E-state index contributed by atoms with van der Waals surface area (Å²) in [6, 6.07) is 24.2. The van der Waals surface area contributed by atoms with E-state index in [9.17, 15) is 9.59 Å². The maximum atomic E-state index is 13.7. The first-order valence-corrected chi connectivity index (χ1v) is 13.4. The predicted molar refractivity (Wildman–Crippen MR) is 148 cm³/mol. The molecule has 190 valence electrons. The van der Waals surface area contributed by atoms with Gasteiger partial charge in [0.2, 0.25) is 11.8 Å². The molecule has 0 aliphatic rings. The molecule has 0 heterocycles. The number of nitrogens with one attached hydrogen (secondary N) is 1. The number of hydrogen-bond donors (Lipinski definition) is 1. The topological polar surface area (TPSA) is 58.6 Å². The maximum Gasteiger partial charge on any atom is 0.243 e. The number of hydrogen-bond acceptors (Lipinski definition) is 4. The summed E-state index contributed by atoms with van der Waals surface area (Å²) in [4.78, 5) is 29.9. The molecule has 3 aromatic carbocycles. The van der Waals surface area contributed by atoms with Crippen LogP contribution in [0.1, 0.15) is 31.4 Å². The predicted octanol–water partition coefficient (Wildman–Crippen LogP) is 6.00. The molecule has 0 aliphatic carbocycles. The van der Waals surface area contributed by atoms with E-state index in [-0.39, 0.29) is 23.6 Å². The molecular formula is C29H33ClN2O3S. The molecule has 0 aromatic heterocycles. The summed E-state index contributed by atoms with van der Waals surface area (Å²) < 4.78 is 5.39. The smallest absolute Gasteiger partial charge is 0.243 e. The molecule has 0 aliphatic heterocycles. The van der Waals surface area contributed by atoms with Crippen LogP contribution >= 0.6 is 23.4 Å². The van der Waals surface area contributed by atoms with Crippen LogP contribution in [0.3, 0.4) is 0 Å². The van der Waals surface area contributed by atoms with Crippen molar-refractivity contribution < 1.29 is 14.3 Å². The van der Waals surface area contributed by atoms with Crippen LogP contribution in [0.4, 0.5) is 0 Å². The third-order valence-electron chi connectivity index (χ3n) is 5.94. The Balaban J connectivity index is 1.92. The number of methoxy groups -OCH3 is 1. The average Bonchev–Trinajstić information content (AvgIpc) is 2.90. The zero-order chi connectivity index (χ0) is 25.9. The number of ether oxygens (including phenoxy) is 1. The number of thioether (sulfide) groups is 1. The minimum atomic E-state index is -0.661. The van der Waals surface area contributed by atoms with Gasteiger partial charge in [0.15, 0.2) is 0 Å². The summed E-state index contributed by atoms with van der Waals surface area (Å²) in [7, 11) is 1.61. The maximum absolute atomic E-state index is 13.7. The lowest BCUT2D eigenvalue weighted by atomic mass is 10.0. The van der Waals surface area contributed by atoms with Gasteiger partial charge in [0.05, 0.1) is 12.9 Å². The van der Waals surface area contributed by atoms with E-state index < -0.39 is 6.04 Å². The Morgan fingerprint density at radius 2 is 1.69 bits per heavy atom. The zero-order valence-electron chi connectivity index (χ0n) is 20.9. The van der Waals surface area contributed by atoms with Gasteiger partial charge < -0.3 is 15.0 Å². The minimum absolute atomic E-state index is 0.00740. The largest absolute Gasteiger partial charge is 0.497 e. The fourth-order valence-electron chi connectivity index (χ4n) is 3.72. The number of rotatable bonds is 12. The van der Waals surface area contributed by atoms with Crippen molar-refractivity contribution in [2.75, 3.05) is 12.9 Å². The van der Waals surface area contributed by atoms with Crippen molar-refractivity contribution in [3.63, 3.8) is 0 Å². The van der Waals surface area contributed by atoms with Gasteiger partial charge in [0.25, 0.3) is 0 Å². The van der Waals surface area contributed by atoms with Gasteiger partial charge in [-0.2, -0.15) is 0 Å². The Bertz CT molecular complexity index is 1120. The van der Waals surface area contributed by atoms with Crippen LogP contribution in [0.25, 0.3) is 0 Å². The molecule has 0 saturated heterocycles. The van der Waals surface area contributed by atoms with Gasteiger partial charge in [-0.3, -0.25) is 9.59 Å². The third kappa shape index (κ3) is 8.32. The highest BCUT2D eigenvalue weighted by atomic mass is 35.5. The summed E-state index contributed by atoms with van der Waals surface area (Å²) in [5, 5.41) is 3.74. The van der Waals surface area contributed by atoms with E-state index in [1.54, 1.807) is 24.1 Å². The third-order valence-corrected chi connectivity index (χ3v) is 7.18. The molecule has 7 heteroatoms. The molecule has 2 amide bonds. The van der Waals surface area contributed by atoms with Crippen molar-refractivity contribution in [3.05, 3.63) is 95.0 Å². The van der Waals surface area contributed by atoms with Crippen LogP contribution in [0, 0.1) is 0 Å². The summed E-state index contributed by atoms with van der Waals surface area (Å²) in [6.45, 7) is 4.30. The van der Waals surface area contributed by atoms with Crippen molar-refractivity contribution in [1.29, 1.82) is 0 Å². The Kier molecular flexibility index (Phi) is 10.7. The van der Waals surface area contributed by atoms with Crippen LogP contribution < -0.4 is 10.1 Å². The summed E-state index contributed by atoms with van der Waals surface area (Å²) in [6.07, 6.45) is 1.23. The monoisotopic (exact) mass is 524 g/mol. The highest BCUT2D eigenvalue weighted by Crippen LogP contribution is 2.23. The average molecular weight is 525 g/mol. The van der Waals surface area contributed by atoms with Crippen molar-refractivity contribution in [1.82, 2.24) is 10.2 Å². The Hall–Kier alpha value is -2.96. The molecule has 3 rings (SSSR count). The molecule has 5 nitrogen and oxygen atoms in total. The Morgan fingerprint density at radius 1 is 1.00 bits per heavy atom. The van der Waals surface area contributed by atoms with Gasteiger partial charge >= 0.3 is 0 Å². The van der Waals surface area contributed by atoms with Gasteiger partial charge in [-0.25, -0.2) is 0 Å². The summed E-state index contributed by atoms with van der Waals surface area (Å²) in [5.41, 5.74) is 1.89. The number of halogens is 1. The van der Waals surface area contributed by atoms with Gasteiger partial charge in [0.1, 0.15) is 11.8 Å². The standard InChI is InChI=1S/C29H33ClN2O3S/c1-4-21(2)31-29(34)27(18-22-9-6-5-7-10-22)32(19-23-11-8-12-25(17-23)35-3)28(33)20-36-26-15-13-24(30)14-16-26/h5-17,21,27H,4,18-20H2,1-3H3,(H,31,34)/t21-,27+/m0/s1. The van der Waals surface area contributed by atoms with Crippen molar-refractivity contribution in [2.24, 2.45) is 0 Å². The number of carbonyl (C=O) groups is 2. The fraction of sp³-hybridized carbons (Fsp3) is 0.310. The number of amides is 2. The van der Waals surface area contributed by atoms with E-state index in [1.165, 1.54) is 11.8 Å². The quantitative estimate of drug-likeness (QED) is 0.295. The molecule has 0 unspecified atom stereocenters. The SMILES string of the molecule is CC[C@H](C)NC(=O)[C@@H](Cc1ccccc1)N(Cc1cccc(OC)c1)C(=O)CSc1ccc(Cl)cc1. The van der Waals surface area contributed by atoms with E-state index in [0.717, 1.165) is 22.4 Å². The Labute approximate surface area is 223 Å². The molecule has 0 saturated carbocycles. The van der Waals surface area contributed by atoms with Gasteiger partial charge in [-0.15, -0.1) is 11.8 Å². The lowest BCUT2D eigenvalue weighted by Gasteiger charge is -2.32. The molecular weight excluding hydrogens is 492 g/mol. The van der Waals surface area contributed by atoms with E-state index >= 15 is 0 Å². The molecule has 0 bridgehead atoms. The first-order chi connectivity index (χ1) is 17.4. The minimum Gasteiger partial charge on any atom is -0.497 e. The highest BCUT2D eigenvalue weighted by Gasteiger charge is 2.31. The fourth-order valence-corrected chi connectivity index (χ4v) is 4.63. The first-order valence-electron chi connectivity index (χ1n) is 12.0. The van der Waals surface area contributed by atoms with Crippen LogP contribution in [0.15, 0.2) is 83.8 Å². The van der Waals surface area contributed by atoms with Crippen LogP contribution in [0.5, 0.6) is 5.75 Å². The van der Waals surface area contributed by atoms with Crippen LogP contribution in [-0.2, 0) is 22.6 Å². The van der Waals surface area contributed by atoms with E-state index in [4.69, 9.17) is 16.3 Å². The summed E-state index contributed by atoms with van der Waals surface area (Å²) in [5.74, 6) is 0.645. The molecule has 0 spiro atoms. The van der Waals surface area contributed by atoms with E-state index in [2.05, 4.69) is 5.32 Å². The van der Waals surface area contributed by atoms with Gasteiger partial charge in [-0.05, 0) is 60.9 Å². The highest BCUT2D eigenvalue weighted by molar-refractivity contribution is 8.00. The van der Waals surface area contributed by atoms with Crippen LogP contribution in [0.2, 0.25) is 5.02 Å². The number of carbonyl (C=O) groups excluding carboxylic acids is 2. The van der Waals surface area contributed by atoms with E-state index in [0.29, 0.717) is 23.7 Å². The molecule has 1 N–H and O–H groups in total. The van der Waals surface area contributed by atoms with Crippen molar-refractivity contribution in [3.8, 4) is 5.75 Å². The van der Waals surface area contributed by atoms with E-state index in [1.807, 2.05) is 80.6 Å². The van der Waals surface area contributed by atoms with Crippen molar-refractivity contribution >= 4 is 35.2 Å². The number of benzene rings is 3. The molecule has 3 aromatic rings. The lowest BCUT2D eigenvalue weighted by molar-refractivity contribution is -0.139.